The number of hydrogen-bond donors (Lipinski definition) is 1. The third kappa shape index (κ3) is 2.82. The molecule has 22 heavy (non-hydrogen) atoms. The fourth-order valence-corrected chi connectivity index (χ4v) is 3.91. The van der Waals surface area contributed by atoms with E-state index >= 15 is 0 Å². The van der Waals surface area contributed by atoms with Gasteiger partial charge in [0.1, 0.15) is 0 Å². The van der Waals surface area contributed by atoms with Crippen molar-refractivity contribution >= 4 is 11.5 Å². The zero-order valence-corrected chi connectivity index (χ0v) is 13.5. The van der Waals surface area contributed by atoms with E-state index in [1.807, 2.05) is 0 Å². The van der Waals surface area contributed by atoms with Crippen LogP contribution >= 0.6 is 0 Å². The Morgan fingerprint density at radius 2 is 2.18 bits per heavy atom. The SMILES string of the molecule is CC1=C2CCN(CCCC(C)C(=O)O)CC2c2ccccc21. The maximum absolute atomic E-state index is 10.9. The van der Waals surface area contributed by atoms with Gasteiger partial charge in [-0.05, 0) is 49.4 Å². The van der Waals surface area contributed by atoms with Gasteiger partial charge in [0.25, 0.3) is 0 Å². The van der Waals surface area contributed by atoms with Crippen molar-refractivity contribution in [3.63, 3.8) is 0 Å². The van der Waals surface area contributed by atoms with Gasteiger partial charge in [-0.3, -0.25) is 4.79 Å². The number of piperidine rings is 1. The molecule has 3 rings (SSSR count). The van der Waals surface area contributed by atoms with Gasteiger partial charge in [-0.2, -0.15) is 0 Å². The number of hydrogen-bond acceptors (Lipinski definition) is 2. The molecule has 1 fully saturated rings. The van der Waals surface area contributed by atoms with Crippen molar-refractivity contribution < 1.29 is 9.90 Å². The molecule has 0 saturated carbocycles. The largest absolute Gasteiger partial charge is 0.481 e. The van der Waals surface area contributed by atoms with E-state index < -0.39 is 5.97 Å². The average molecular weight is 299 g/mol. The summed E-state index contributed by atoms with van der Waals surface area (Å²) in [6.07, 6.45) is 2.90. The highest BCUT2D eigenvalue weighted by atomic mass is 16.4. The zero-order valence-electron chi connectivity index (χ0n) is 13.5. The first-order valence-electron chi connectivity index (χ1n) is 8.32. The fourth-order valence-electron chi connectivity index (χ4n) is 3.91. The Hall–Kier alpha value is -1.61. The minimum atomic E-state index is -0.677. The molecule has 0 bridgehead atoms. The van der Waals surface area contributed by atoms with E-state index in [1.165, 1.54) is 16.7 Å². The van der Waals surface area contributed by atoms with Crippen molar-refractivity contribution in [2.24, 2.45) is 5.92 Å². The van der Waals surface area contributed by atoms with Crippen LogP contribution in [0.1, 0.15) is 50.2 Å². The van der Waals surface area contributed by atoms with Gasteiger partial charge < -0.3 is 10.0 Å². The number of fused-ring (bicyclic) bond motifs is 3. The maximum Gasteiger partial charge on any atom is 0.306 e. The number of nitrogens with zero attached hydrogens (tertiary/aromatic N) is 1. The summed E-state index contributed by atoms with van der Waals surface area (Å²) in [5.41, 5.74) is 6.03. The molecule has 2 unspecified atom stereocenters. The molecule has 1 heterocycles. The highest BCUT2D eigenvalue weighted by Crippen LogP contribution is 2.45. The molecule has 1 aliphatic carbocycles. The molecule has 3 nitrogen and oxygen atoms in total. The second kappa shape index (κ2) is 6.25. The number of rotatable bonds is 5. The predicted octanol–water partition coefficient (Wildman–Crippen LogP) is 3.76. The fraction of sp³-hybridized carbons (Fsp3) is 0.526. The Bertz CT molecular complexity index is 605. The van der Waals surface area contributed by atoms with Gasteiger partial charge in [-0.25, -0.2) is 0 Å². The van der Waals surface area contributed by atoms with Crippen molar-refractivity contribution in [1.29, 1.82) is 0 Å². The van der Waals surface area contributed by atoms with Crippen LogP contribution < -0.4 is 0 Å². The van der Waals surface area contributed by atoms with Gasteiger partial charge in [0.05, 0.1) is 5.92 Å². The molecule has 3 heteroatoms. The van der Waals surface area contributed by atoms with Gasteiger partial charge in [-0.15, -0.1) is 0 Å². The molecule has 0 amide bonds. The van der Waals surface area contributed by atoms with Crippen molar-refractivity contribution in [2.75, 3.05) is 19.6 Å². The van der Waals surface area contributed by atoms with Crippen LogP contribution in [0.15, 0.2) is 29.8 Å². The average Bonchev–Trinajstić information content (AvgIpc) is 2.80. The molecule has 1 aromatic rings. The van der Waals surface area contributed by atoms with E-state index in [0.717, 1.165) is 38.9 Å². The summed E-state index contributed by atoms with van der Waals surface area (Å²) >= 11 is 0. The smallest absolute Gasteiger partial charge is 0.306 e. The van der Waals surface area contributed by atoms with Gasteiger partial charge in [0.15, 0.2) is 0 Å². The summed E-state index contributed by atoms with van der Waals surface area (Å²) in [6, 6.07) is 8.79. The molecule has 1 N–H and O–H groups in total. The lowest BCUT2D eigenvalue weighted by Crippen LogP contribution is -2.35. The number of likely N-dealkylation sites (tertiary alicyclic amines) is 1. The Morgan fingerprint density at radius 1 is 1.41 bits per heavy atom. The highest BCUT2D eigenvalue weighted by molar-refractivity contribution is 5.77. The molecule has 2 aliphatic rings. The predicted molar refractivity (Wildman–Crippen MR) is 88.9 cm³/mol. The Morgan fingerprint density at radius 3 is 2.95 bits per heavy atom. The molecule has 0 aromatic heterocycles. The topological polar surface area (TPSA) is 40.5 Å². The van der Waals surface area contributed by atoms with Crippen LogP contribution in [-0.4, -0.2) is 35.6 Å². The first-order chi connectivity index (χ1) is 10.6. The normalized spacial score (nSPS) is 22.4. The molecule has 118 valence electrons. The van der Waals surface area contributed by atoms with Gasteiger partial charge in [-0.1, -0.05) is 36.8 Å². The van der Waals surface area contributed by atoms with Crippen LogP contribution in [0, 0.1) is 5.92 Å². The number of carboxylic acids is 1. The molecule has 1 saturated heterocycles. The van der Waals surface area contributed by atoms with Crippen molar-refractivity contribution in [3.8, 4) is 0 Å². The van der Waals surface area contributed by atoms with Gasteiger partial charge in [0, 0.05) is 19.0 Å². The van der Waals surface area contributed by atoms with E-state index in [0.29, 0.717) is 5.92 Å². The Balaban J connectivity index is 1.61. The quantitative estimate of drug-likeness (QED) is 0.900. The monoisotopic (exact) mass is 299 g/mol. The zero-order chi connectivity index (χ0) is 15.7. The second-order valence-corrected chi connectivity index (χ2v) is 6.72. The lowest BCUT2D eigenvalue weighted by molar-refractivity contribution is -0.141. The summed E-state index contributed by atoms with van der Waals surface area (Å²) < 4.78 is 0. The molecular weight excluding hydrogens is 274 g/mol. The Kier molecular flexibility index (Phi) is 4.34. The number of carbonyl (C=O) groups is 1. The maximum atomic E-state index is 10.9. The van der Waals surface area contributed by atoms with Crippen molar-refractivity contribution in [1.82, 2.24) is 4.90 Å². The van der Waals surface area contributed by atoms with Crippen molar-refractivity contribution in [2.45, 2.75) is 39.0 Å². The Labute approximate surface area is 132 Å². The summed E-state index contributed by atoms with van der Waals surface area (Å²) in [6.45, 7) is 7.28. The highest BCUT2D eigenvalue weighted by Gasteiger charge is 2.33. The van der Waals surface area contributed by atoms with Crippen LogP contribution in [0.2, 0.25) is 0 Å². The van der Waals surface area contributed by atoms with E-state index in [4.69, 9.17) is 5.11 Å². The first kappa shape index (κ1) is 15.3. The molecule has 0 radical (unpaired) electrons. The lowest BCUT2D eigenvalue weighted by Gasteiger charge is -2.33. The van der Waals surface area contributed by atoms with Crippen LogP contribution in [-0.2, 0) is 4.79 Å². The lowest BCUT2D eigenvalue weighted by atomic mass is 9.89. The summed E-state index contributed by atoms with van der Waals surface area (Å²) in [5, 5.41) is 8.96. The molecular formula is C19H25NO2. The molecule has 1 aromatic carbocycles. The minimum Gasteiger partial charge on any atom is -0.481 e. The molecule has 2 atom stereocenters. The van der Waals surface area contributed by atoms with E-state index in [-0.39, 0.29) is 5.92 Å². The minimum absolute atomic E-state index is 0.227. The second-order valence-electron chi connectivity index (χ2n) is 6.72. The third-order valence-corrected chi connectivity index (χ3v) is 5.31. The van der Waals surface area contributed by atoms with Gasteiger partial charge >= 0.3 is 5.97 Å². The van der Waals surface area contributed by atoms with E-state index in [9.17, 15) is 4.79 Å². The number of benzene rings is 1. The standard InChI is InChI=1S/C19H25NO2/c1-13(19(21)22)6-5-10-20-11-9-16-14(2)15-7-3-4-8-17(15)18(16)12-20/h3-4,7-8,13,18H,5-6,9-12H2,1-2H3,(H,21,22). The van der Waals surface area contributed by atoms with E-state index in [1.54, 1.807) is 12.5 Å². The van der Waals surface area contributed by atoms with Crippen LogP contribution in [0.25, 0.3) is 5.57 Å². The van der Waals surface area contributed by atoms with Crippen LogP contribution in [0.4, 0.5) is 0 Å². The number of aliphatic carboxylic acids is 1. The van der Waals surface area contributed by atoms with Crippen LogP contribution in [0.5, 0.6) is 0 Å². The van der Waals surface area contributed by atoms with Crippen molar-refractivity contribution in [3.05, 3.63) is 41.0 Å². The summed E-state index contributed by atoms with van der Waals surface area (Å²) in [7, 11) is 0. The molecule has 0 spiro atoms. The van der Waals surface area contributed by atoms with Crippen LogP contribution in [0.3, 0.4) is 0 Å². The summed E-state index contributed by atoms with van der Waals surface area (Å²) in [5.74, 6) is -0.347. The van der Waals surface area contributed by atoms with Gasteiger partial charge in [0.2, 0.25) is 0 Å². The van der Waals surface area contributed by atoms with E-state index in [2.05, 4.69) is 36.1 Å². The first-order valence-corrected chi connectivity index (χ1v) is 8.32. The number of carboxylic acid groups (broad SMARTS) is 1. The summed E-state index contributed by atoms with van der Waals surface area (Å²) in [4.78, 5) is 13.4. The third-order valence-electron chi connectivity index (χ3n) is 5.31. The number of allylic oxidation sites excluding steroid dienone is 1. The molecule has 1 aliphatic heterocycles.